The van der Waals surface area contributed by atoms with Gasteiger partial charge in [0.25, 0.3) is 0 Å². The summed E-state index contributed by atoms with van der Waals surface area (Å²) in [6.07, 6.45) is 47.7. The van der Waals surface area contributed by atoms with E-state index in [4.69, 9.17) is 14.2 Å². The third-order valence-corrected chi connectivity index (χ3v) is 12.5. The van der Waals surface area contributed by atoms with Crippen LogP contribution in [0.5, 0.6) is 0 Å². The lowest BCUT2D eigenvalue weighted by molar-refractivity contribution is -0.148. The van der Waals surface area contributed by atoms with Crippen LogP contribution in [0, 0.1) is 0 Å². The van der Waals surface area contributed by atoms with E-state index in [1.807, 2.05) is 0 Å². The minimum atomic E-state index is -0.794. The van der Waals surface area contributed by atoms with Crippen LogP contribution in [0.15, 0.2) is 48.6 Å². The molecule has 1 heterocycles. The molecule has 3 atom stereocenters. The number of carbonyl (C=O) groups is 3. The Labute approximate surface area is 412 Å². The molecule has 1 fully saturated rings. The second-order valence-corrected chi connectivity index (χ2v) is 19.6. The van der Waals surface area contributed by atoms with Crippen LogP contribution < -0.4 is 5.32 Å². The fourth-order valence-electron chi connectivity index (χ4n) is 8.16. The lowest BCUT2D eigenvalue weighted by atomic mass is 10.0. The van der Waals surface area contributed by atoms with Gasteiger partial charge in [-0.25, -0.2) is 4.79 Å². The van der Waals surface area contributed by atoms with Gasteiger partial charge in [0.2, 0.25) is 5.91 Å². The predicted octanol–water partition coefficient (Wildman–Crippen LogP) is 12.4. The van der Waals surface area contributed by atoms with Crippen molar-refractivity contribution in [2.24, 2.45) is 0 Å². The first-order valence-corrected chi connectivity index (χ1v) is 27.5. The molecule has 1 N–H and O–H groups in total. The van der Waals surface area contributed by atoms with E-state index < -0.39 is 12.0 Å². The number of carbonyl (C=O) groups excluding carboxylic acids is 3. The van der Waals surface area contributed by atoms with Crippen LogP contribution in [0.1, 0.15) is 200 Å². The van der Waals surface area contributed by atoms with Crippen LogP contribution in [0.3, 0.4) is 0 Å². The number of likely N-dealkylation sites (tertiary alicyclic amines) is 1. The topological polar surface area (TPSA) is 101 Å². The lowest BCUT2D eigenvalue weighted by Crippen LogP contribution is -2.42. The van der Waals surface area contributed by atoms with E-state index in [0.29, 0.717) is 32.7 Å². The summed E-state index contributed by atoms with van der Waals surface area (Å²) < 4.78 is 18.2. The van der Waals surface area contributed by atoms with Crippen LogP contribution in [0.4, 0.5) is 0 Å². The molecule has 1 amide bonds. The second kappa shape index (κ2) is 45.8. The van der Waals surface area contributed by atoms with Gasteiger partial charge in [0.15, 0.2) is 0 Å². The molecule has 0 aromatic carbocycles. The van der Waals surface area contributed by atoms with Crippen molar-refractivity contribution >= 4 is 17.7 Å². The van der Waals surface area contributed by atoms with Crippen LogP contribution in [0.25, 0.3) is 0 Å². The minimum absolute atomic E-state index is 0.0472. The molecule has 1 aliphatic rings. The predicted molar refractivity (Wildman–Crippen MR) is 283 cm³/mol. The molecule has 10 heteroatoms. The monoisotopic (exact) mass is 941 g/mol. The zero-order chi connectivity index (χ0) is 48.8. The highest BCUT2D eigenvalue weighted by Gasteiger charge is 2.34. The van der Waals surface area contributed by atoms with E-state index in [1.54, 1.807) is 0 Å². The Kier molecular flexibility index (Phi) is 42.6. The van der Waals surface area contributed by atoms with Crippen LogP contribution >= 0.6 is 0 Å². The Morgan fingerprint density at radius 2 is 0.985 bits per heavy atom. The Balaban J connectivity index is 2.49. The number of hydrogen-bond donors (Lipinski definition) is 1. The van der Waals surface area contributed by atoms with Crippen molar-refractivity contribution in [1.29, 1.82) is 0 Å². The van der Waals surface area contributed by atoms with Gasteiger partial charge in [0.1, 0.15) is 11.8 Å². The highest BCUT2D eigenvalue weighted by molar-refractivity contribution is 5.85. The smallest absolute Gasteiger partial charge is 0.328 e. The summed E-state index contributed by atoms with van der Waals surface area (Å²) in [4.78, 5) is 46.2. The molecule has 0 saturated carbocycles. The Bertz CT molecular complexity index is 1280. The average Bonchev–Trinajstić information content (AvgIpc) is 3.69. The third kappa shape index (κ3) is 39.9. The molecule has 0 radical (unpaired) electrons. The molecule has 1 aliphatic heterocycles. The molecule has 1 saturated heterocycles. The van der Waals surface area contributed by atoms with Crippen molar-refractivity contribution in [3.05, 3.63) is 48.6 Å². The molecule has 0 aromatic rings. The first-order chi connectivity index (χ1) is 32.7. The zero-order valence-electron chi connectivity index (χ0n) is 44.3. The van der Waals surface area contributed by atoms with Gasteiger partial charge >= 0.3 is 5.97 Å². The van der Waals surface area contributed by atoms with Crippen molar-refractivity contribution < 1.29 is 28.6 Å². The maximum Gasteiger partial charge on any atom is 0.328 e. The van der Waals surface area contributed by atoms with Crippen molar-refractivity contribution in [1.82, 2.24) is 20.0 Å². The van der Waals surface area contributed by atoms with Crippen LogP contribution in [-0.2, 0) is 28.6 Å². The van der Waals surface area contributed by atoms with Crippen LogP contribution in [-0.4, -0.2) is 131 Å². The van der Waals surface area contributed by atoms with Gasteiger partial charge in [-0.05, 0) is 131 Å². The maximum atomic E-state index is 13.3. The number of Topliss-reactive ketones (excluding diaryl/α,β-unsaturated/α-hetero) is 1. The molecule has 0 spiro atoms. The van der Waals surface area contributed by atoms with Crippen molar-refractivity contribution in [3.63, 3.8) is 0 Å². The maximum absolute atomic E-state index is 13.3. The molecule has 0 bridgehead atoms. The summed E-state index contributed by atoms with van der Waals surface area (Å²) in [5, 5.41) is 2.96. The lowest BCUT2D eigenvalue weighted by Gasteiger charge is -2.21. The van der Waals surface area contributed by atoms with Gasteiger partial charge in [-0.3, -0.25) is 14.5 Å². The molecule has 1 rings (SSSR count). The van der Waals surface area contributed by atoms with Crippen LogP contribution in [0.2, 0.25) is 0 Å². The number of allylic oxidation sites excluding steroid dienone is 8. The van der Waals surface area contributed by atoms with Crippen molar-refractivity contribution in [2.45, 2.75) is 218 Å². The summed E-state index contributed by atoms with van der Waals surface area (Å²) in [5.41, 5.74) is 0. The molecule has 1 unspecified atom stereocenters. The summed E-state index contributed by atoms with van der Waals surface area (Å²) in [5.74, 6) is -0.419. The van der Waals surface area contributed by atoms with E-state index >= 15 is 0 Å². The summed E-state index contributed by atoms with van der Waals surface area (Å²) in [6, 6.07) is -0.794. The summed E-state index contributed by atoms with van der Waals surface area (Å²) >= 11 is 0. The van der Waals surface area contributed by atoms with Gasteiger partial charge < -0.3 is 29.3 Å². The molecule has 0 aliphatic carbocycles. The Morgan fingerprint density at radius 3 is 1.48 bits per heavy atom. The molecule has 67 heavy (non-hydrogen) atoms. The number of rotatable bonds is 47. The number of amides is 1. The standard InChI is InChI=1S/C57H104N4O6/c1-7-9-11-13-15-17-19-21-23-25-27-29-31-33-35-39-47-67-57(64)53(58-56(63)41-36-34-32-30-28-26-24-22-20-18-16-14-12-10-8-2)43-42-52(62)40-37-38-44-61-50-54(65-48-45-59(3)4)55(51-61)66-49-46-60(5)6/h15-18,21-24,53-55H,7-14,19-20,25-51H2,1-6H3,(H,58,63)/b17-15-,18-16-,23-21-,24-22-/t53?,54-,55+. The van der Waals surface area contributed by atoms with Gasteiger partial charge in [-0.15, -0.1) is 0 Å². The summed E-state index contributed by atoms with van der Waals surface area (Å²) in [7, 11) is 8.22. The van der Waals surface area contributed by atoms with E-state index in [1.165, 1.54) is 70.6 Å². The van der Waals surface area contributed by atoms with E-state index in [0.717, 1.165) is 123 Å². The number of hydrogen-bond acceptors (Lipinski definition) is 9. The number of nitrogens with zero attached hydrogens (tertiary/aromatic N) is 3. The summed E-state index contributed by atoms with van der Waals surface area (Å²) in [6.45, 7) is 10.5. The first kappa shape index (κ1) is 62.4. The number of ether oxygens (including phenoxy) is 3. The van der Waals surface area contributed by atoms with Gasteiger partial charge in [-0.2, -0.15) is 0 Å². The SMILES string of the molecule is CCCCC/C=C\C/C=C\CCCCCCCCOC(=O)C(CCC(=O)CCCCN1C[C@H](OCCN(C)C)[C@H](OCCN(C)C)C1)NC(=O)CCCCCCC/C=C\C/C=C\CCCCC. The molecule has 0 aromatic heterocycles. The zero-order valence-corrected chi connectivity index (χ0v) is 44.3. The Hall–Kier alpha value is -2.63. The fraction of sp³-hybridized carbons (Fsp3) is 0.807. The van der Waals surface area contributed by atoms with E-state index in [2.05, 4.69) is 111 Å². The molecule has 388 valence electrons. The molecule has 10 nitrogen and oxygen atoms in total. The third-order valence-electron chi connectivity index (χ3n) is 12.5. The normalized spacial score (nSPS) is 16.3. The van der Waals surface area contributed by atoms with E-state index in [-0.39, 0.29) is 36.7 Å². The minimum Gasteiger partial charge on any atom is -0.464 e. The second-order valence-electron chi connectivity index (χ2n) is 19.6. The number of nitrogens with one attached hydrogen (secondary N) is 1. The molecular weight excluding hydrogens is 837 g/mol. The number of esters is 1. The van der Waals surface area contributed by atoms with Gasteiger partial charge in [-0.1, -0.05) is 133 Å². The van der Waals surface area contributed by atoms with Crippen molar-refractivity contribution in [3.8, 4) is 0 Å². The molecular formula is C57H104N4O6. The van der Waals surface area contributed by atoms with Gasteiger partial charge in [0.05, 0.1) is 32.0 Å². The number of unbranched alkanes of at least 4 members (excludes halogenated alkanes) is 18. The average molecular weight is 941 g/mol. The first-order valence-electron chi connectivity index (χ1n) is 27.5. The highest BCUT2D eigenvalue weighted by Crippen LogP contribution is 2.19. The number of ketones is 1. The van der Waals surface area contributed by atoms with Gasteiger partial charge in [0, 0.05) is 45.4 Å². The largest absolute Gasteiger partial charge is 0.464 e. The Morgan fingerprint density at radius 1 is 0.537 bits per heavy atom. The number of likely N-dealkylation sites (N-methyl/N-ethyl adjacent to an activating group) is 2. The highest BCUT2D eigenvalue weighted by atomic mass is 16.5. The van der Waals surface area contributed by atoms with E-state index in [9.17, 15) is 14.4 Å². The van der Waals surface area contributed by atoms with Crippen molar-refractivity contribution in [2.75, 3.05) is 80.7 Å². The fourth-order valence-corrected chi connectivity index (χ4v) is 8.16. The quantitative estimate of drug-likeness (QED) is 0.0363.